The number of carbonyl (C=O) groups is 1. The summed E-state index contributed by atoms with van der Waals surface area (Å²) in [4.78, 5) is 21.3. The van der Waals surface area contributed by atoms with Crippen molar-refractivity contribution in [2.75, 3.05) is 24.5 Å². The van der Waals surface area contributed by atoms with Crippen molar-refractivity contribution in [1.82, 2.24) is 20.1 Å². The highest BCUT2D eigenvalue weighted by atomic mass is 19.3. The highest BCUT2D eigenvalue weighted by Gasteiger charge is 2.40. The van der Waals surface area contributed by atoms with Gasteiger partial charge in [-0.05, 0) is 25.8 Å². The summed E-state index contributed by atoms with van der Waals surface area (Å²) in [5.41, 5.74) is 1.81. The van der Waals surface area contributed by atoms with Gasteiger partial charge < -0.3 is 9.80 Å². The molecular weight excluding hydrogens is 424 g/mol. The Labute approximate surface area is 191 Å². The molecule has 3 aromatic rings. The number of rotatable bonds is 3. The van der Waals surface area contributed by atoms with Gasteiger partial charge in [-0.25, -0.2) is 8.78 Å². The number of hydrogen-bond acceptors (Lipinski definition) is 5. The molecule has 33 heavy (non-hydrogen) atoms. The largest absolute Gasteiger partial charge is 0.348 e. The number of alkyl halides is 2. The van der Waals surface area contributed by atoms with Gasteiger partial charge in [0.15, 0.2) is 5.82 Å². The van der Waals surface area contributed by atoms with Crippen LogP contribution < -0.4 is 4.90 Å². The van der Waals surface area contributed by atoms with Crippen LogP contribution in [-0.4, -0.2) is 57.6 Å². The van der Waals surface area contributed by atoms with E-state index in [-0.39, 0.29) is 43.6 Å². The van der Waals surface area contributed by atoms with Crippen LogP contribution in [0.2, 0.25) is 0 Å². The maximum absolute atomic E-state index is 13.5. The van der Waals surface area contributed by atoms with Crippen molar-refractivity contribution >= 4 is 22.5 Å². The van der Waals surface area contributed by atoms with E-state index in [9.17, 15) is 13.6 Å². The van der Waals surface area contributed by atoms with Gasteiger partial charge in [-0.1, -0.05) is 30.3 Å². The zero-order valence-corrected chi connectivity index (χ0v) is 18.6. The van der Waals surface area contributed by atoms with E-state index in [4.69, 9.17) is 0 Å². The molecule has 6 nitrogen and oxygen atoms in total. The topological polar surface area (TPSA) is 62.2 Å². The number of anilines is 1. The third-order valence-electron chi connectivity index (χ3n) is 6.89. The molecule has 0 N–H and O–H groups in total. The van der Waals surface area contributed by atoms with E-state index in [1.54, 1.807) is 6.20 Å². The fourth-order valence-electron chi connectivity index (χ4n) is 5.02. The molecule has 5 rings (SSSR count). The van der Waals surface area contributed by atoms with Gasteiger partial charge in [-0.3, -0.25) is 9.78 Å². The molecule has 1 aliphatic carbocycles. The third-order valence-corrected chi connectivity index (χ3v) is 6.89. The molecule has 1 aliphatic heterocycles. The Balaban J connectivity index is 1.36. The predicted octanol–water partition coefficient (Wildman–Crippen LogP) is 4.55. The first-order chi connectivity index (χ1) is 15.9. The summed E-state index contributed by atoms with van der Waals surface area (Å²) in [7, 11) is 0. The van der Waals surface area contributed by atoms with Gasteiger partial charge in [-0.2, -0.15) is 0 Å². The minimum atomic E-state index is -2.62. The smallest absolute Gasteiger partial charge is 0.248 e. The average Bonchev–Trinajstić information content (AvgIpc) is 2.83. The maximum Gasteiger partial charge on any atom is 0.248 e. The highest BCUT2D eigenvalue weighted by molar-refractivity contribution is 5.99. The van der Waals surface area contributed by atoms with Crippen molar-refractivity contribution in [3.05, 3.63) is 48.8 Å². The van der Waals surface area contributed by atoms with Crippen molar-refractivity contribution in [1.29, 1.82) is 0 Å². The first-order valence-electron chi connectivity index (χ1n) is 11.5. The second-order valence-electron chi connectivity index (χ2n) is 9.12. The maximum atomic E-state index is 13.5. The molecule has 2 aliphatic rings. The fourth-order valence-corrected chi connectivity index (χ4v) is 5.02. The summed E-state index contributed by atoms with van der Waals surface area (Å²) in [6.07, 6.45) is 3.72. The molecule has 3 heterocycles. The summed E-state index contributed by atoms with van der Waals surface area (Å²) < 4.78 is 27.0. The second kappa shape index (κ2) is 8.65. The second-order valence-corrected chi connectivity index (χ2v) is 9.12. The summed E-state index contributed by atoms with van der Waals surface area (Å²) in [6, 6.07) is 11.9. The number of carbonyl (C=O) groups excluding carboxylic acids is 1. The number of fused-ring (bicyclic) bond motifs is 1. The lowest BCUT2D eigenvalue weighted by Crippen LogP contribution is -2.55. The summed E-state index contributed by atoms with van der Waals surface area (Å²) >= 11 is 0. The molecule has 2 aromatic heterocycles. The first-order valence-corrected chi connectivity index (χ1v) is 11.5. The molecule has 8 heteroatoms. The summed E-state index contributed by atoms with van der Waals surface area (Å²) in [5, 5.41) is 11.0. The normalized spacial score (nSPS) is 21.4. The van der Waals surface area contributed by atoms with Crippen LogP contribution in [0.25, 0.3) is 22.0 Å². The fraction of sp³-hybridized carbons (Fsp3) is 0.440. The van der Waals surface area contributed by atoms with Gasteiger partial charge in [0.25, 0.3) is 0 Å². The van der Waals surface area contributed by atoms with Crippen LogP contribution in [0.3, 0.4) is 0 Å². The van der Waals surface area contributed by atoms with Crippen LogP contribution in [0.4, 0.5) is 14.6 Å². The molecule has 1 aromatic carbocycles. The van der Waals surface area contributed by atoms with Gasteiger partial charge in [-0.15, -0.1) is 10.2 Å². The molecule has 0 unspecified atom stereocenters. The van der Waals surface area contributed by atoms with Crippen molar-refractivity contribution in [2.24, 2.45) is 5.92 Å². The Bertz CT molecular complexity index is 1150. The Hall–Kier alpha value is -3.16. The molecule has 0 spiro atoms. The number of aromatic nitrogens is 3. The number of benzene rings is 1. The van der Waals surface area contributed by atoms with E-state index in [1.165, 1.54) is 0 Å². The van der Waals surface area contributed by atoms with Crippen LogP contribution in [0, 0.1) is 5.92 Å². The third kappa shape index (κ3) is 4.26. The zero-order chi connectivity index (χ0) is 23.0. The molecule has 0 radical (unpaired) electrons. The minimum Gasteiger partial charge on any atom is -0.348 e. The number of halogens is 2. The number of pyridine rings is 1. The summed E-state index contributed by atoms with van der Waals surface area (Å²) in [6.45, 7) is 3.75. The predicted molar refractivity (Wildman–Crippen MR) is 123 cm³/mol. The Morgan fingerprint density at radius 2 is 1.79 bits per heavy atom. The number of hydrogen-bond donors (Lipinski definition) is 0. The zero-order valence-electron chi connectivity index (χ0n) is 18.6. The number of nitrogens with zero attached hydrogens (tertiary/aromatic N) is 5. The molecule has 172 valence electrons. The van der Waals surface area contributed by atoms with Crippen molar-refractivity contribution in [3.8, 4) is 11.3 Å². The number of piperazine rings is 1. The highest BCUT2D eigenvalue weighted by Crippen LogP contribution is 2.37. The van der Waals surface area contributed by atoms with E-state index >= 15 is 0 Å². The van der Waals surface area contributed by atoms with E-state index in [0.717, 1.165) is 27.8 Å². The first kappa shape index (κ1) is 21.7. The van der Waals surface area contributed by atoms with Gasteiger partial charge in [0.2, 0.25) is 11.8 Å². The lowest BCUT2D eigenvalue weighted by molar-refractivity contribution is -0.140. The van der Waals surface area contributed by atoms with Gasteiger partial charge >= 0.3 is 0 Å². The van der Waals surface area contributed by atoms with Crippen molar-refractivity contribution < 1.29 is 13.6 Å². The molecule has 1 atom stereocenters. The van der Waals surface area contributed by atoms with E-state index in [1.807, 2.05) is 47.5 Å². The SMILES string of the molecule is C[C@@H]1CN(C(=O)C2CCC(F)(F)CC2)CCN1c1nnc(-c2ccccc2)c2ccncc12. The molecule has 1 saturated heterocycles. The average molecular weight is 452 g/mol. The van der Waals surface area contributed by atoms with Crippen molar-refractivity contribution in [3.63, 3.8) is 0 Å². The number of amides is 1. The van der Waals surface area contributed by atoms with Crippen LogP contribution in [-0.2, 0) is 4.79 Å². The lowest BCUT2D eigenvalue weighted by Gasteiger charge is -2.42. The van der Waals surface area contributed by atoms with E-state index < -0.39 is 5.92 Å². The van der Waals surface area contributed by atoms with Crippen LogP contribution in [0.15, 0.2) is 48.8 Å². The van der Waals surface area contributed by atoms with Gasteiger partial charge in [0.1, 0.15) is 5.69 Å². The van der Waals surface area contributed by atoms with Crippen LogP contribution in [0.1, 0.15) is 32.6 Å². The quantitative estimate of drug-likeness (QED) is 0.585. The van der Waals surface area contributed by atoms with E-state index in [0.29, 0.717) is 19.6 Å². The van der Waals surface area contributed by atoms with Gasteiger partial charge in [0.05, 0.1) is 0 Å². The molecule has 0 bridgehead atoms. The molecular formula is C25H27F2N5O. The molecule has 1 amide bonds. The molecule has 2 fully saturated rings. The molecule has 1 saturated carbocycles. The monoisotopic (exact) mass is 451 g/mol. The van der Waals surface area contributed by atoms with Crippen LogP contribution in [0.5, 0.6) is 0 Å². The standard InChI is InChI=1S/C25H27F2N5O/c1-17-16-31(24(33)19-7-10-25(26,27)11-8-19)13-14-32(17)23-21-15-28-12-9-20(21)22(29-30-23)18-5-3-2-4-6-18/h2-6,9,12,15,17,19H,7-8,10-11,13-14,16H2,1H3/t17-/m1/s1. The van der Waals surface area contributed by atoms with E-state index in [2.05, 4.69) is 27.0 Å². The lowest BCUT2D eigenvalue weighted by atomic mass is 9.85. The Kier molecular flexibility index (Phi) is 5.68. The minimum absolute atomic E-state index is 0.00837. The Morgan fingerprint density at radius 3 is 2.52 bits per heavy atom. The summed E-state index contributed by atoms with van der Waals surface area (Å²) in [5.74, 6) is -2.15. The van der Waals surface area contributed by atoms with Crippen molar-refractivity contribution in [2.45, 2.75) is 44.6 Å². The van der Waals surface area contributed by atoms with Crippen LogP contribution >= 0.6 is 0 Å². The van der Waals surface area contributed by atoms with Gasteiger partial charge in [0, 0.05) is 73.2 Å². The Morgan fingerprint density at radius 1 is 1.03 bits per heavy atom.